The highest BCUT2D eigenvalue weighted by Crippen LogP contribution is 2.21. The molecule has 0 aliphatic carbocycles. The van der Waals surface area contributed by atoms with Crippen LogP contribution in [0.3, 0.4) is 0 Å². The van der Waals surface area contributed by atoms with Gasteiger partial charge >= 0.3 is 0 Å². The number of hydrogen-bond donors (Lipinski definition) is 1. The highest BCUT2D eigenvalue weighted by Gasteiger charge is 2.04. The van der Waals surface area contributed by atoms with E-state index in [2.05, 4.69) is 34.7 Å². The topological polar surface area (TPSA) is 29.1 Å². The lowest BCUT2D eigenvalue weighted by molar-refractivity contribution is -0.112. The zero-order valence-corrected chi connectivity index (χ0v) is 10.5. The second kappa shape index (κ2) is 5.12. The molecule has 3 heteroatoms. The molecule has 1 N–H and O–H groups in total. The molecule has 1 aromatic rings. The van der Waals surface area contributed by atoms with E-state index >= 15 is 0 Å². The average Bonchev–Trinajstić information content (AvgIpc) is 2.20. The summed E-state index contributed by atoms with van der Waals surface area (Å²) in [5.41, 5.74) is 2.49. The first-order valence-electron chi connectivity index (χ1n) is 4.80. The predicted octanol–water partition coefficient (Wildman–Crippen LogP) is 3.53. The molecule has 1 aromatic carbocycles. The quantitative estimate of drug-likeness (QED) is 0.835. The number of rotatable bonds is 3. The minimum absolute atomic E-state index is 0.139. The number of amides is 1. The van der Waals surface area contributed by atoms with Crippen molar-refractivity contribution in [1.82, 2.24) is 0 Å². The minimum atomic E-state index is -0.139. The summed E-state index contributed by atoms with van der Waals surface area (Å²) in [7, 11) is 0. The third-order valence-corrected chi connectivity index (χ3v) is 2.85. The molecule has 1 amide bonds. The second-order valence-electron chi connectivity index (χ2n) is 3.39. The van der Waals surface area contributed by atoms with Crippen LogP contribution in [0.1, 0.15) is 19.4 Å². The van der Waals surface area contributed by atoms with Gasteiger partial charge in [-0.25, -0.2) is 0 Å². The van der Waals surface area contributed by atoms with Gasteiger partial charge in [-0.1, -0.05) is 29.4 Å². The molecule has 80 valence electrons. The summed E-state index contributed by atoms with van der Waals surface area (Å²) in [6, 6.07) is 5.77. The molecule has 15 heavy (non-hydrogen) atoms. The SMILES string of the molecule is C=C(C)C(=O)Nc1ccc(Br)c(CC)c1. The molecule has 0 saturated heterocycles. The lowest BCUT2D eigenvalue weighted by Crippen LogP contribution is -2.11. The van der Waals surface area contributed by atoms with Crippen molar-refractivity contribution in [3.8, 4) is 0 Å². The van der Waals surface area contributed by atoms with E-state index in [1.807, 2.05) is 18.2 Å². The van der Waals surface area contributed by atoms with Crippen LogP contribution < -0.4 is 5.32 Å². The third-order valence-electron chi connectivity index (χ3n) is 2.07. The molecule has 0 unspecified atom stereocenters. The lowest BCUT2D eigenvalue weighted by atomic mass is 10.1. The van der Waals surface area contributed by atoms with Crippen molar-refractivity contribution in [3.63, 3.8) is 0 Å². The smallest absolute Gasteiger partial charge is 0.250 e. The van der Waals surface area contributed by atoms with Crippen LogP contribution in [0.5, 0.6) is 0 Å². The van der Waals surface area contributed by atoms with Crippen LogP contribution in [0.4, 0.5) is 5.69 Å². The average molecular weight is 268 g/mol. The Kier molecular flexibility index (Phi) is 4.09. The van der Waals surface area contributed by atoms with Gasteiger partial charge < -0.3 is 5.32 Å². The Balaban J connectivity index is 2.87. The maximum absolute atomic E-state index is 11.4. The Morgan fingerprint density at radius 3 is 2.73 bits per heavy atom. The van der Waals surface area contributed by atoms with Crippen LogP contribution in [0.25, 0.3) is 0 Å². The second-order valence-corrected chi connectivity index (χ2v) is 4.25. The van der Waals surface area contributed by atoms with Gasteiger partial charge in [0.15, 0.2) is 0 Å². The summed E-state index contributed by atoms with van der Waals surface area (Å²) in [5.74, 6) is -0.139. The van der Waals surface area contributed by atoms with Crippen LogP contribution in [0.15, 0.2) is 34.8 Å². The van der Waals surface area contributed by atoms with Gasteiger partial charge in [0.25, 0.3) is 5.91 Å². The number of carbonyl (C=O) groups is 1. The molecule has 2 nitrogen and oxygen atoms in total. The zero-order valence-electron chi connectivity index (χ0n) is 8.93. The van der Waals surface area contributed by atoms with Gasteiger partial charge in [0, 0.05) is 15.7 Å². The Labute approximate surface area is 98.5 Å². The molecule has 0 aliphatic heterocycles. The number of nitrogens with one attached hydrogen (secondary N) is 1. The molecule has 0 aromatic heterocycles. The zero-order chi connectivity index (χ0) is 11.4. The van der Waals surface area contributed by atoms with E-state index < -0.39 is 0 Å². The molecule has 1 rings (SSSR count). The number of aryl methyl sites for hydroxylation is 1. The molecule has 0 saturated carbocycles. The lowest BCUT2D eigenvalue weighted by Gasteiger charge is -2.07. The van der Waals surface area contributed by atoms with Crippen molar-refractivity contribution in [3.05, 3.63) is 40.4 Å². The number of hydrogen-bond acceptors (Lipinski definition) is 1. The van der Waals surface area contributed by atoms with Crippen molar-refractivity contribution < 1.29 is 4.79 Å². The van der Waals surface area contributed by atoms with Crippen LogP contribution in [-0.4, -0.2) is 5.91 Å². The monoisotopic (exact) mass is 267 g/mol. The van der Waals surface area contributed by atoms with Crippen LogP contribution in [-0.2, 0) is 11.2 Å². The maximum Gasteiger partial charge on any atom is 0.250 e. The number of carbonyl (C=O) groups excluding carboxylic acids is 1. The largest absolute Gasteiger partial charge is 0.322 e. The van der Waals surface area contributed by atoms with Gasteiger partial charge in [-0.05, 0) is 37.1 Å². The minimum Gasteiger partial charge on any atom is -0.322 e. The molecular weight excluding hydrogens is 254 g/mol. The van der Waals surface area contributed by atoms with Crippen molar-refractivity contribution in [2.45, 2.75) is 20.3 Å². The summed E-state index contributed by atoms with van der Waals surface area (Å²) in [5, 5.41) is 2.78. The Morgan fingerprint density at radius 2 is 2.20 bits per heavy atom. The van der Waals surface area contributed by atoms with E-state index in [9.17, 15) is 4.79 Å². The molecule has 0 fully saturated rings. The number of anilines is 1. The number of halogens is 1. The highest BCUT2D eigenvalue weighted by atomic mass is 79.9. The number of benzene rings is 1. The Hall–Kier alpha value is -1.09. The van der Waals surface area contributed by atoms with Gasteiger partial charge in [-0.3, -0.25) is 4.79 Å². The fourth-order valence-electron chi connectivity index (χ4n) is 1.16. The molecule has 0 spiro atoms. The van der Waals surface area contributed by atoms with E-state index in [0.29, 0.717) is 5.57 Å². The van der Waals surface area contributed by atoms with Gasteiger partial charge in [-0.2, -0.15) is 0 Å². The fourth-order valence-corrected chi connectivity index (χ4v) is 1.69. The van der Waals surface area contributed by atoms with Gasteiger partial charge in [0.05, 0.1) is 0 Å². The fraction of sp³-hybridized carbons (Fsp3) is 0.250. The highest BCUT2D eigenvalue weighted by molar-refractivity contribution is 9.10. The predicted molar refractivity (Wildman–Crippen MR) is 67.0 cm³/mol. The van der Waals surface area contributed by atoms with E-state index in [1.165, 1.54) is 5.56 Å². The van der Waals surface area contributed by atoms with Crippen LogP contribution >= 0.6 is 15.9 Å². The molecule has 0 bridgehead atoms. The Morgan fingerprint density at radius 1 is 1.53 bits per heavy atom. The molecule has 0 radical (unpaired) electrons. The summed E-state index contributed by atoms with van der Waals surface area (Å²) in [6.07, 6.45) is 0.928. The van der Waals surface area contributed by atoms with Crippen molar-refractivity contribution in [2.75, 3.05) is 5.32 Å². The summed E-state index contributed by atoms with van der Waals surface area (Å²) in [4.78, 5) is 11.4. The third kappa shape index (κ3) is 3.20. The van der Waals surface area contributed by atoms with E-state index in [0.717, 1.165) is 16.6 Å². The van der Waals surface area contributed by atoms with E-state index in [1.54, 1.807) is 6.92 Å². The standard InChI is InChI=1S/C12H14BrNO/c1-4-9-7-10(5-6-11(9)13)14-12(15)8(2)3/h5-7H,2,4H2,1,3H3,(H,14,15). The first-order chi connectivity index (χ1) is 7.04. The van der Waals surface area contributed by atoms with Gasteiger partial charge in [0.2, 0.25) is 0 Å². The summed E-state index contributed by atoms with van der Waals surface area (Å²) < 4.78 is 1.07. The van der Waals surface area contributed by atoms with E-state index in [-0.39, 0.29) is 5.91 Å². The normalized spacial score (nSPS) is 9.80. The molecule has 0 aliphatic rings. The molecule has 0 heterocycles. The first kappa shape index (κ1) is 12.0. The van der Waals surface area contributed by atoms with Crippen LogP contribution in [0, 0.1) is 0 Å². The first-order valence-corrected chi connectivity index (χ1v) is 5.59. The van der Waals surface area contributed by atoms with Crippen molar-refractivity contribution >= 4 is 27.5 Å². The van der Waals surface area contributed by atoms with Crippen molar-refractivity contribution in [2.24, 2.45) is 0 Å². The van der Waals surface area contributed by atoms with E-state index in [4.69, 9.17) is 0 Å². The van der Waals surface area contributed by atoms with Crippen molar-refractivity contribution in [1.29, 1.82) is 0 Å². The van der Waals surface area contributed by atoms with Crippen LogP contribution in [0.2, 0.25) is 0 Å². The molecule has 0 atom stereocenters. The summed E-state index contributed by atoms with van der Waals surface area (Å²) >= 11 is 3.46. The maximum atomic E-state index is 11.4. The molecular formula is C12H14BrNO. The Bertz CT molecular complexity index is 399. The van der Waals surface area contributed by atoms with Gasteiger partial charge in [0.1, 0.15) is 0 Å². The summed E-state index contributed by atoms with van der Waals surface area (Å²) in [6.45, 7) is 7.35. The van der Waals surface area contributed by atoms with Gasteiger partial charge in [-0.15, -0.1) is 0 Å².